The van der Waals surface area contributed by atoms with Gasteiger partial charge in [0.05, 0.1) is 12.7 Å². The van der Waals surface area contributed by atoms with Crippen LogP contribution in [0, 0.1) is 13.8 Å². The Morgan fingerprint density at radius 2 is 1.86 bits per heavy atom. The minimum atomic E-state index is -0.349. The standard InChI is InChI=1S/C18H21NO3/c1-13-7-6-10-17(14(13)2)22-12-11-19-16-9-5-4-8-15(16)18(20)21-3/h4-10,19H,11-12H2,1-3H3. The quantitative estimate of drug-likeness (QED) is 0.654. The number of ether oxygens (including phenoxy) is 2. The van der Waals surface area contributed by atoms with Crippen LogP contribution in [0.15, 0.2) is 42.5 Å². The summed E-state index contributed by atoms with van der Waals surface area (Å²) in [5.74, 6) is 0.543. The van der Waals surface area contributed by atoms with E-state index in [0.717, 1.165) is 17.0 Å². The third-order valence-corrected chi connectivity index (χ3v) is 3.56. The van der Waals surface area contributed by atoms with Crippen LogP contribution >= 0.6 is 0 Å². The number of benzene rings is 2. The summed E-state index contributed by atoms with van der Waals surface area (Å²) in [5.41, 5.74) is 3.63. The summed E-state index contributed by atoms with van der Waals surface area (Å²) in [6, 6.07) is 13.3. The minimum Gasteiger partial charge on any atom is -0.491 e. The molecule has 0 unspecified atom stereocenters. The number of esters is 1. The second kappa shape index (κ2) is 7.50. The van der Waals surface area contributed by atoms with E-state index < -0.39 is 0 Å². The average molecular weight is 299 g/mol. The molecular formula is C18H21NO3. The smallest absolute Gasteiger partial charge is 0.339 e. The molecule has 0 saturated heterocycles. The van der Waals surface area contributed by atoms with Crippen LogP contribution in [0.25, 0.3) is 0 Å². The van der Waals surface area contributed by atoms with Gasteiger partial charge in [0.1, 0.15) is 12.4 Å². The van der Waals surface area contributed by atoms with Gasteiger partial charge in [-0.05, 0) is 43.2 Å². The van der Waals surface area contributed by atoms with Crippen LogP contribution in [0.4, 0.5) is 5.69 Å². The second-order valence-corrected chi connectivity index (χ2v) is 5.01. The van der Waals surface area contributed by atoms with Crippen molar-refractivity contribution in [3.8, 4) is 5.75 Å². The molecule has 0 aliphatic carbocycles. The highest BCUT2D eigenvalue weighted by atomic mass is 16.5. The van der Waals surface area contributed by atoms with Crippen LogP contribution in [0.2, 0.25) is 0 Å². The molecule has 0 saturated carbocycles. The highest BCUT2D eigenvalue weighted by molar-refractivity contribution is 5.95. The van der Waals surface area contributed by atoms with E-state index in [4.69, 9.17) is 9.47 Å². The summed E-state index contributed by atoms with van der Waals surface area (Å²) in [6.45, 7) is 5.22. The number of anilines is 1. The lowest BCUT2D eigenvalue weighted by Gasteiger charge is -2.13. The first-order valence-corrected chi connectivity index (χ1v) is 7.23. The Bertz CT molecular complexity index is 653. The maximum absolute atomic E-state index is 11.7. The second-order valence-electron chi connectivity index (χ2n) is 5.01. The van der Waals surface area contributed by atoms with Crippen LogP contribution in [-0.2, 0) is 4.74 Å². The summed E-state index contributed by atoms with van der Waals surface area (Å²) in [6.07, 6.45) is 0. The molecule has 0 fully saturated rings. The van der Waals surface area contributed by atoms with Crippen molar-refractivity contribution in [1.29, 1.82) is 0 Å². The largest absolute Gasteiger partial charge is 0.491 e. The number of methoxy groups -OCH3 is 1. The highest BCUT2D eigenvalue weighted by Crippen LogP contribution is 2.20. The first-order valence-electron chi connectivity index (χ1n) is 7.23. The zero-order valence-electron chi connectivity index (χ0n) is 13.2. The summed E-state index contributed by atoms with van der Waals surface area (Å²) in [4.78, 5) is 11.7. The Morgan fingerprint density at radius 3 is 2.64 bits per heavy atom. The number of para-hydroxylation sites is 1. The van der Waals surface area contributed by atoms with Crippen molar-refractivity contribution in [1.82, 2.24) is 0 Å². The number of carbonyl (C=O) groups is 1. The molecule has 2 aromatic carbocycles. The van der Waals surface area contributed by atoms with Gasteiger partial charge in [0.15, 0.2) is 0 Å². The SMILES string of the molecule is COC(=O)c1ccccc1NCCOc1cccc(C)c1C. The molecular weight excluding hydrogens is 278 g/mol. The lowest BCUT2D eigenvalue weighted by atomic mass is 10.1. The number of rotatable bonds is 6. The molecule has 116 valence electrons. The van der Waals surface area contributed by atoms with Crippen molar-refractivity contribution in [2.45, 2.75) is 13.8 Å². The van der Waals surface area contributed by atoms with Crippen molar-refractivity contribution in [2.75, 3.05) is 25.6 Å². The maximum atomic E-state index is 11.7. The Labute approximate surface area is 131 Å². The number of aryl methyl sites for hydroxylation is 1. The van der Waals surface area contributed by atoms with E-state index in [9.17, 15) is 4.79 Å². The van der Waals surface area contributed by atoms with E-state index in [0.29, 0.717) is 18.7 Å². The molecule has 0 spiro atoms. The predicted molar refractivity (Wildman–Crippen MR) is 87.7 cm³/mol. The van der Waals surface area contributed by atoms with Gasteiger partial charge in [-0.3, -0.25) is 0 Å². The molecule has 0 aliphatic rings. The highest BCUT2D eigenvalue weighted by Gasteiger charge is 2.10. The molecule has 0 amide bonds. The molecule has 0 bridgehead atoms. The summed E-state index contributed by atoms with van der Waals surface area (Å²) < 4.78 is 10.6. The van der Waals surface area contributed by atoms with Gasteiger partial charge >= 0.3 is 5.97 Å². The zero-order chi connectivity index (χ0) is 15.9. The van der Waals surface area contributed by atoms with E-state index in [-0.39, 0.29) is 5.97 Å². The van der Waals surface area contributed by atoms with Crippen LogP contribution in [-0.4, -0.2) is 26.2 Å². The van der Waals surface area contributed by atoms with Crippen molar-refractivity contribution in [2.24, 2.45) is 0 Å². The molecule has 4 nitrogen and oxygen atoms in total. The molecule has 0 aromatic heterocycles. The monoisotopic (exact) mass is 299 g/mol. The number of hydrogen-bond acceptors (Lipinski definition) is 4. The molecule has 22 heavy (non-hydrogen) atoms. The minimum absolute atomic E-state index is 0.349. The van der Waals surface area contributed by atoms with E-state index in [2.05, 4.69) is 18.3 Å². The lowest BCUT2D eigenvalue weighted by Crippen LogP contribution is -2.14. The zero-order valence-corrected chi connectivity index (χ0v) is 13.2. The van der Waals surface area contributed by atoms with Gasteiger partial charge in [-0.15, -0.1) is 0 Å². The molecule has 1 N–H and O–H groups in total. The predicted octanol–water partition coefficient (Wildman–Crippen LogP) is 3.58. The lowest BCUT2D eigenvalue weighted by molar-refractivity contribution is 0.0602. The molecule has 4 heteroatoms. The van der Waals surface area contributed by atoms with Crippen molar-refractivity contribution < 1.29 is 14.3 Å². The van der Waals surface area contributed by atoms with Crippen LogP contribution in [0.5, 0.6) is 5.75 Å². The summed E-state index contributed by atoms with van der Waals surface area (Å²) >= 11 is 0. The number of carbonyl (C=O) groups excluding carboxylic acids is 1. The Morgan fingerprint density at radius 1 is 1.09 bits per heavy atom. The Balaban J connectivity index is 1.92. The topological polar surface area (TPSA) is 47.6 Å². The van der Waals surface area contributed by atoms with E-state index >= 15 is 0 Å². The van der Waals surface area contributed by atoms with Crippen LogP contribution in [0.3, 0.4) is 0 Å². The molecule has 2 rings (SSSR count). The first-order chi connectivity index (χ1) is 10.6. The Hall–Kier alpha value is -2.49. The van der Waals surface area contributed by atoms with Gasteiger partial charge < -0.3 is 14.8 Å². The average Bonchev–Trinajstić information content (AvgIpc) is 2.55. The van der Waals surface area contributed by atoms with Crippen LogP contribution in [0.1, 0.15) is 21.5 Å². The fourth-order valence-electron chi connectivity index (χ4n) is 2.15. The van der Waals surface area contributed by atoms with Gasteiger partial charge in [0.2, 0.25) is 0 Å². The normalized spacial score (nSPS) is 10.1. The fraction of sp³-hybridized carbons (Fsp3) is 0.278. The van der Waals surface area contributed by atoms with Gasteiger partial charge in [-0.2, -0.15) is 0 Å². The van der Waals surface area contributed by atoms with Crippen molar-refractivity contribution in [3.05, 3.63) is 59.2 Å². The molecule has 0 atom stereocenters. The van der Waals surface area contributed by atoms with Gasteiger partial charge in [0, 0.05) is 12.2 Å². The maximum Gasteiger partial charge on any atom is 0.339 e. The number of hydrogen-bond donors (Lipinski definition) is 1. The Kier molecular flexibility index (Phi) is 5.42. The van der Waals surface area contributed by atoms with Gasteiger partial charge in [-0.1, -0.05) is 24.3 Å². The van der Waals surface area contributed by atoms with Gasteiger partial charge in [0.25, 0.3) is 0 Å². The van der Waals surface area contributed by atoms with Crippen LogP contribution < -0.4 is 10.1 Å². The number of nitrogens with one attached hydrogen (secondary N) is 1. The third kappa shape index (κ3) is 3.79. The summed E-state index contributed by atoms with van der Waals surface area (Å²) in [7, 11) is 1.38. The van der Waals surface area contributed by atoms with E-state index in [1.54, 1.807) is 6.07 Å². The van der Waals surface area contributed by atoms with Crippen molar-refractivity contribution in [3.63, 3.8) is 0 Å². The van der Waals surface area contributed by atoms with Crippen molar-refractivity contribution >= 4 is 11.7 Å². The molecule has 0 heterocycles. The van der Waals surface area contributed by atoms with Gasteiger partial charge in [-0.25, -0.2) is 4.79 Å². The molecule has 2 aromatic rings. The molecule has 0 aliphatic heterocycles. The fourth-order valence-corrected chi connectivity index (χ4v) is 2.15. The van der Waals surface area contributed by atoms with E-state index in [1.165, 1.54) is 12.7 Å². The van der Waals surface area contributed by atoms with E-state index in [1.807, 2.05) is 37.3 Å². The summed E-state index contributed by atoms with van der Waals surface area (Å²) in [5, 5.41) is 3.21. The first kappa shape index (κ1) is 15.9. The third-order valence-electron chi connectivity index (χ3n) is 3.56. The molecule has 0 radical (unpaired) electrons.